The van der Waals surface area contributed by atoms with E-state index in [2.05, 4.69) is 42.4 Å². The van der Waals surface area contributed by atoms with Crippen LogP contribution in [0.25, 0.3) is 43.5 Å². The molecule has 189 valence electrons. The van der Waals surface area contributed by atoms with E-state index in [9.17, 15) is 5.26 Å². The van der Waals surface area contributed by atoms with Crippen molar-refractivity contribution in [2.45, 2.75) is 19.9 Å². The van der Waals surface area contributed by atoms with Gasteiger partial charge in [-0.1, -0.05) is 30.3 Å². The van der Waals surface area contributed by atoms with Crippen molar-refractivity contribution in [3.05, 3.63) is 131 Å². The molecule has 5 aromatic rings. The molecule has 0 atom stereocenters. The summed E-state index contributed by atoms with van der Waals surface area (Å²) in [6.45, 7) is 17.9. The summed E-state index contributed by atoms with van der Waals surface area (Å²) in [5, 5.41) is 9.18. The molecule has 0 bridgehead atoms. The molecular formula is C32H20IrN6-2. The molecule has 3 aromatic carbocycles. The van der Waals surface area contributed by atoms with E-state index in [1.165, 1.54) is 17.2 Å². The minimum absolute atomic E-state index is 0. The smallest absolute Gasteiger partial charge is 0.244 e. The van der Waals surface area contributed by atoms with Gasteiger partial charge in [0.05, 0.1) is 12.4 Å². The van der Waals surface area contributed by atoms with Crippen LogP contribution in [0.4, 0.5) is 11.4 Å². The van der Waals surface area contributed by atoms with E-state index in [0.717, 1.165) is 35.5 Å². The molecule has 0 aliphatic carbocycles. The molecule has 0 saturated heterocycles. The van der Waals surface area contributed by atoms with Gasteiger partial charge in [0.15, 0.2) is 0 Å². The van der Waals surface area contributed by atoms with Crippen molar-refractivity contribution in [3.8, 4) is 39.8 Å². The second-order valence-electron chi connectivity index (χ2n) is 8.59. The van der Waals surface area contributed by atoms with Gasteiger partial charge in [0, 0.05) is 57.0 Å². The second-order valence-corrected chi connectivity index (χ2v) is 8.59. The Balaban J connectivity index is 0.000000210. The van der Waals surface area contributed by atoms with Crippen LogP contribution < -0.4 is 0 Å². The predicted octanol–water partition coefficient (Wildman–Crippen LogP) is 7.40. The van der Waals surface area contributed by atoms with Gasteiger partial charge < -0.3 is 9.55 Å². The predicted molar refractivity (Wildman–Crippen MR) is 146 cm³/mol. The largest absolute Gasteiger partial charge is 0.371 e. The number of imidazole rings is 1. The average molecular weight is 681 g/mol. The first-order chi connectivity index (χ1) is 18.7. The normalized spacial score (nSPS) is 10.7. The second kappa shape index (κ2) is 12.1. The van der Waals surface area contributed by atoms with Crippen molar-refractivity contribution in [1.29, 1.82) is 5.26 Å². The number of rotatable bonds is 2. The van der Waals surface area contributed by atoms with Crippen LogP contribution in [-0.2, 0) is 33.1 Å². The van der Waals surface area contributed by atoms with Crippen LogP contribution in [0.15, 0.2) is 79.3 Å². The van der Waals surface area contributed by atoms with Crippen molar-refractivity contribution in [1.82, 2.24) is 14.5 Å². The number of aromatic nitrogens is 3. The topological polar surface area (TPSA) is 63.2 Å². The first-order valence-corrected chi connectivity index (χ1v) is 11.9. The zero-order valence-corrected chi connectivity index (χ0v) is 23.3. The van der Waals surface area contributed by atoms with Crippen LogP contribution >= 0.6 is 0 Å². The number of pyridine rings is 1. The van der Waals surface area contributed by atoms with E-state index in [1.54, 1.807) is 6.20 Å². The number of fused-ring (bicyclic) bond motifs is 3. The van der Waals surface area contributed by atoms with Crippen LogP contribution in [0.3, 0.4) is 0 Å². The summed E-state index contributed by atoms with van der Waals surface area (Å²) in [5.41, 5.74) is 6.76. The Morgan fingerprint density at radius 3 is 2.49 bits per heavy atom. The van der Waals surface area contributed by atoms with Gasteiger partial charge in [-0.15, -0.1) is 47.5 Å². The number of nitrogens with zero attached hydrogens (tertiary/aromatic N) is 6. The molecule has 0 unspecified atom stereocenters. The van der Waals surface area contributed by atoms with Crippen molar-refractivity contribution < 1.29 is 20.1 Å². The molecule has 1 radical (unpaired) electrons. The van der Waals surface area contributed by atoms with E-state index in [-0.39, 0.29) is 37.0 Å². The molecule has 0 spiro atoms. The third-order valence-corrected chi connectivity index (χ3v) is 6.38. The summed E-state index contributed by atoms with van der Waals surface area (Å²) in [6, 6.07) is 27.5. The maximum atomic E-state index is 9.18. The average Bonchev–Trinajstić information content (AvgIpc) is 3.46. The van der Waals surface area contributed by atoms with Gasteiger partial charge in [-0.2, -0.15) is 0 Å². The first-order valence-electron chi connectivity index (χ1n) is 11.9. The maximum Gasteiger partial charge on any atom is 0.244 e. The van der Waals surface area contributed by atoms with Gasteiger partial charge in [-0.3, -0.25) is 4.98 Å². The van der Waals surface area contributed by atoms with Crippen LogP contribution in [0.2, 0.25) is 0 Å². The van der Waals surface area contributed by atoms with Gasteiger partial charge in [-0.25, -0.2) is 15.0 Å². The third kappa shape index (κ3) is 5.26. The van der Waals surface area contributed by atoms with Crippen molar-refractivity contribution >= 4 is 11.4 Å². The molecule has 1 aliphatic rings. The molecule has 0 saturated carbocycles. The summed E-state index contributed by atoms with van der Waals surface area (Å²) in [6.07, 6.45) is 6.65. The number of hydrogen-bond donors (Lipinski definition) is 0. The quantitative estimate of drug-likeness (QED) is 0.183. The van der Waals surface area contributed by atoms with Gasteiger partial charge in [-0.05, 0) is 47.2 Å². The van der Waals surface area contributed by atoms with Gasteiger partial charge in [0.2, 0.25) is 11.4 Å². The van der Waals surface area contributed by atoms with Gasteiger partial charge >= 0.3 is 0 Å². The summed E-state index contributed by atoms with van der Waals surface area (Å²) in [4.78, 5) is 15.7. The molecule has 0 amide bonds. The van der Waals surface area contributed by atoms with Crippen molar-refractivity contribution in [2.24, 2.45) is 0 Å². The molecule has 0 N–H and O–H groups in total. The van der Waals surface area contributed by atoms with Crippen molar-refractivity contribution in [2.75, 3.05) is 0 Å². The Kier molecular flexibility index (Phi) is 8.45. The number of benzene rings is 3. The fourth-order valence-electron chi connectivity index (χ4n) is 4.58. The monoisotopic (exact) mass is 681 g/mol. The molecule has 2 aromatic heterocycles. The Bertz CT molecular complexity index is 1770. The standard InChI is InChI=1S/C21H11N4.C11H9N2.Ir/c1-14-11-12-25-20(18(14)15-7-5-4-6-8-15)17-10-9-16(13-22)19(23-2)21(17)24-3;1-2-4-10-9(3-1)5-7-13-8-6-12-11(10)13;/h4-9,11-12H,1H3;1-3,6,8H,5,7H2;/q2*-1;. The Morgan fingerprint density at radius 1 is 0.949 bits per heavy atom. The molecule has 6 rings (SSSR count). The van der Waals surface area contributed by atoms with Crippen LogP contribution in [-0.4, -0.2) is 14.5 Å². The Hall–Kier alpha value is -4.86. The minimum Gasteiger partial charge on any atom is -0.371 e. The van der Waals surface area contributed by atoms with Crippen LogP contribution in [0, 0.1) is 43.5 Å². The Morgan fingerprint density at radius 2 is 1.74 bits per heavy atom. The van der Waals surface area contributed by atoms with Crippen LogP contribution in [0.5, 0.6) is 0 Å². The summed E-state index contributed by atoms with van der Waals surface area (Å²) in [7, 11) is 0. The van der Waals surface area contributed by atoms with E-state index in [4.69, 9.17) is 13.1 Å². The molecule has 7 heteroatoms. The molecule has 39 heavy (non-hydrogen) atoms. The van der Waals surface area contributed by atoms with E-state index < -0.39 is 0 Å². The van der Waals surface area contributed by atoms with E-state index >= 15 is 0 Å². The Labute approximate surface area is 241 Å². The van der Waals surface area contributed by atoms with Crippen LogP contribution in [0.1, 0.15) is 16.7 Å². The van der Waals surface area contributed by atoms with E-state index in [1.807, 2.05) is 73.9 Å². The minimum atomic E-state index is 0. The summed E-state index contributed by atoms with van der Waals surface area (Å²) >= 11 is 0. The molecule has 6 nitrogen and oxygen atoms in total. The van der Waals surface area contributed by atoms with Gasteiger partial charge in [0.25, 0.3) is 0 Å². The molecule has 3 heterocycles. The SMILES string of the molecule is [C-]#[N+]c1c(-c2nccc(C)c2-c2ccccc2)[c-]cc(C#N)c1[N+]#[C-].[Ir].[c-]1cccc2c1-c1nccn1CC2. The zero-order chi connectivity index (χ0) is 26.5. The molecule has 0 fully saturated rings. The van der Waals surface area contributed by atoms with Gasteiger partial charge in [0.1, 0.15) is 6.57 Å². The third-order valence-electron chi connectivity index (χ3n) is 6.38. The first kappa shape index (κ1) is 27.2. The fraction of sp³-hybridized carbons (Fsp3) is 0.0938. The molecule has 1 aliphatic heterocycles. The number of aryl methyl sites for hydroxylation is 3. The fourth-order valence-corrected chi connectivity index (χ4v) is 4.58. The summed E-state index contributed by atoms with van der Waals surface area (Å²) in [5.74, 6) is 1.06. The zero-order valence-electron chi connectivity index (χ0n) is 20.9. The number of nitriles is 1. The molecular weight excluding hydrogens is 661 g/mol. The van der Waals surface area contributed by atoms with E-state index in [0.29, 0.717) is 11.3 Å². The number of hydrogen-bond acceptors (Lipinski definition) is 3. The maximum absolute atomic E-state index is 9.18. The van der Waals surface area contributed by atoms with Crippen molar-refractivity contribution in [3.63, 3.8) is 0 Å². The summed E-state index contributed by atoms with van der Waals surface area (Å²) < 4.78 is 2.18.